The molecule has 2 aromatic carbocycles. The van der Waals surface area contributed by atoms with Crippen LogP contribution in [0, 0.1) is 5.92 Å². The molecule has 0 aliphatic carbocycles. The van der Waals surface area contributed by atoms with Crippen molar-refractivity contribution in [3.63, 3.8) is 0 Å². The van der Waals surface area contributed by atoms with E-state index in [0.717, 1.165) is 5.56 Å². The summed E-state index contributed by atoms with van der Waals surface area (Å²) in [5.41, 5.74) is 3.00. The van der Waals surface area contributed by atoms with Crippen LogP contribution in [-0.4, -0.2) is 24.4 Å². The molecule has 1 atom stereocenters. The van der Waals surface area contributed by atoms with Crippen molar-refractivity contribution in [2.24, 2.45) is 5.92 Å². The van der Waals surface area contributed by atoms with Gasteiger partial charge in [-0.05, 0) is 41.2 Å². The van der Waals surface area contributed by atoms with Gasteiger partial charge in [-0.15, -0.1) is 0 Å². The lowest BCUT2D eigenvalue weighted by Crippen LogP contribution is -2.35. The number of hydrogen-bond acceptors (Lipinski definition) is 4. The summed E-state index contributed by atoms with van der Waals surface area (Å²) in [6.45, 7) is 9.34. The minimum Gasteiger partial charge on any atom is -0.452 e. The Kier molecular flexibility index (Phi) is 8.16. The topological polar surface area (TPSA) is 84.5 Å². The molecule has 0 bridgehead atoms. The summed E-state index contributed by atoms with van der Waals surface area (Å²) in [5.74, 6) is -0.618. The fourth-order valence-corrected chi connectivity index (χ4v) is 3.08. The van der Waals surface area contributed by atoms with Gasteiger partial charge in [0.25, 0.3) is 5.91 Å². The maximum Gasteiger partial charge on any atom is 0.338 e. The van der Waals surface area contributed by atoms with Crippen molar-refractivity contribution in [2.75, 3.05) is 11.9 Å². The molecule has 0 aromatic heterocycles. The quantitative estimate of drug-likeness (QED) is 0.630. The number of benzene rings is 2. The van der Waals surface area contributed by atoms with Gasteiger partial charge in [0.1, 0.15) is 0 Å². The van der Waals surface area contributed by atoms with Gasteiger partial charge in [-0.1, -0.05) is 58.0 Å². The van der Waals surface area contributed by atoms with Gasteiger partial charge in [0.05, 0.1) is 11.6 Å². The van der Waals surface area contributed by atoms with Crippen LogP contribution in [0.25, 0.3) is 0 Å². The standard InChI is InChI=1S/C24H30N2O4/c1-15(2)18-9-11-19(12-10-18)23(16(3)4)26-22(28)14-30-24(29)20-7-6-8-21(13-20)25-17(5)27/h6-13,15-16,23H,14H2,1-5H3,(H,25,27)(H,26,28)/t23-/m0/s1. The Labute approximate surface area is 178 Å². The predicted molar refractivity (Wildman–Crippen MR) is 117 cm³/mol. The maximum atomic E-state index is 12.4. The van der Waals surface area contributed by atoms with Gasteiger partial charge < -0.3 is 15.4 Å². The van der Waals surface area contributed by atoms with E-state index < -0.39 is 5.97 Å². The third-order valence-electron chi connectivity index (χ3n) is 4.70. The minimum atomic E-state index is -0.625. The van der Waals surface area contributed by atoms with Crippen molar-refractivity contribution in [1.29, 1.82) is 0 Å². The van der Waals surface area contributed by atoms with Crippen LogP contribution < -0.4 is 10.6 Å². The average Bonchev–Trinajstić information content (AvgIpc) is 2.69. The zero-order valence-corrected chi connectivity index (χ0v) is 18.2. The normalized spacial score (nSPS) is 11.8. The Bertz CT molecular complexity index is 888. The maximum absolute atomic E-state index is 12.4. The van der Waals surface area contributed by atoms with Crippen molar-refractivity contribution in [2.45, 2.75) is 46.6 Å². The molecule has 30 heavy (non-hydrogen) atoms. The van der Waals surface area contributed by atoms with Crippen molar-refractivity contribution in [3.8, 4) is 0 Å². The molecule has 2 amide bonds. The van der Waals surface area contributed by atoms with E-state index in [9.17, 15) is 14.4 Å². The molecule has 0 unspecified atom stereocenters. The summed E-state index contributed by atoms with van der Waals surface area (Å²) in [4.78, 5) is 35.8. The molecule has 160 valence electrons. The summed E-state index contributed by atoms with van der Waals surface area (Å²) in [5, 5.41) is 5.56. The fourth-order valence-electron chi connectivity index (χ4n) is 3.08. The lowest BCUT2D eigenvalue weighted by atomic mass is 9.93. The van der Waals surface area contributed by atoms with Gasteiger partial charge in [-0.2, -0.15) is 0 Å². The second-order valence-corrected chi connectivity index (χ2v) is 7.95. The second kappa shape index (κ2) is 10.6. The molecule has 0 heterocycles. The minimum absolute atomic E-state index is 0.170. The smallest absolute Gasteiger partial charge is 0.338 e. The largest absolute Gasteiger partial charge is 0.452 e. The monoisotopic (exact) mass is 410 g/mol. The van der Waals surface area contributed by atoms with Gasteiger partial charge in [-0.25, -0.2) is 4.79 Å². The van der Waals surface area contributed by atoms with Gasteiger partial charge >= 0.3 is 5.97 Å². The highest BCUT2D eigenvalue weighted by atomic mass is 16.5. The SMILES string of the molecule is CC(=O)Nc1cccc(C(=O)OCC(=O)N[C@H](c2ccc(C(C)C)cc2)C(C)C)c1. The number of carbonyl (C=O) groups is 3. The summed E-state index contributed by atoms with van der Waals surface area (Å²) in [7, 11) is 0. The van der Waals surface area contributed by atoms with Gasteiger partial charge in [0.15, 0.2) is 6.61 Å². The Balaban J connectivity index is 1.97. The summed E-state index contributed by atoms with van der Waals surface area (Å²) < 4.78 is 5.15. The lowest BCUT2D eigenvalue weighted by Gasteiger charge is -2.23. The van der Waals surface area contributed by atoms with Crippen LogP contribution in [-0.2, 0) is 14.3 Å². The molecular formula is C24H30N2O4. The highest BCUT2D eigenvalue weighted by Gasteiger charge is 2.20. The molecule has 6 nitrogen and oxygen atoms in total. The van der Waals surface area contributed by atoms with Crippen molar-refractivity contribution >= 4 is 23.5 Å². The van der Waals surface area contributed by atoms with Gasteiger partial charge in [0, 0.05) is 12.6 Å². The molecule has 0 spiro atoms. The predicted octanol–water partition coefficient (Wildman–Crippen LogP) is 4.44. The van der Waals surface area contributed by atoms with Crippen molar-refractivity contribution in [1.82, 2.24) is 5.32 Å². The van der Waals surface area contributed by atoms with Crippen LogP contribution in [0.2, 0.25) is 0 Å². The van der Waals surface area contributed by atoms with E-state index in [1.54, 1.807) is 18.2 Å². The molecule has 6 heteroatoms. The molecule has 2 N–H and O–H groups in total. The van der Waals surface area contributed by atoms with Crippen LogP contribution >= 0.6 is 0 Å². The van der Waals surface area contributed by atoms with E-state index in [0.29, 0.717) is 11.6 Å². The zero-order valence-electron chi connectivity index (χ0n) is 18.2. The Morgan fingerprint density at radius 3 is 2.13 bits per heavy atom. The number of hydrogen-bond donors (Lipinski definition) is 2. The van der Waals surface area contributed by atoms with E-state index >= 15 is 0 Å². The molecular weight excluding hydrogens is 380 g/mol. The number of amides is 2. The fraction of sp³-hybridized carbons (Fsp3) is 0.375. The molecule has 2 aromatic rings. The molecule has 0 aliphatic rings. The van der Waals surface area contributed by atoms with Gasteiger partial charge in [0.2, 0.25) is 5.91 Å². The highest BCUT2D eigenvalue weighted by Crippen LogP contribution is 2.24. The number of ether oxygens (including phenoxy) is 1. The Morgan fingerprint density at radius 2 is 1.57 bits per heavy atom. The number of carbonyl (C=O) groups excluding carboxylic acids is 3. The molecule has 0 fully saturated rings. The first-order chi connectivity index (χ1) is 14.2. The van der Waals surface area contributed by atoms with E-state index in [2.05, 4.69) is 36.6 Å². The van der Waals surface area contributed by atoms with Crippen LogP contribution in [0.4, 0.5) is 5.69 Å². The summed E-state index contributed by atoms with van der Waals surface area (Å²) in [6, 6.07) is 14.4. The third kappa shape index (κ3) is 6.72. The lowest BCUT2D eigenvalue weighted by molar-refractivity contribution is -0.125. The van der Waals surface area contributed by atoms with E-state index in [1.807, 2.05) is 26.0 Å². The van der Waals surface area contributed by atoms with Crippen molar-refractivity contribution in [3.05, 3.63) is 65.2 Å². The second-order valence-electron chi connectivity index (χ2n) is 7.95. The number of anilines is 1. The van der Waals surface area contributed by atoms with E-state index in [-0.39, 0.29) is 35.9 Å². The molecule has 0 radical (unpaired) electrons. The molecule has 0 saturated carbocycles. The first-order valence-corrected chi connectivity index (χ1v) is 10.1. The van der Waals surface area contributed by atoms with Crippen molar-refractivity contribution < 1.29 is 19.1 Å². The molecule has 0 aliphatic heterocycles. The first-order valence-electron chi connectivity index (χ1n) is 10.1. The summed E-state index contributed by atoms with van der Waals surface area (Å²) >= 11 is 0. The van der Waals surface area contributed by atoms with Crippen LogP contribution in [0.1, 0.15) is 68.1 Å². The Morgan fingerprint density at radius 1 is 0.933 bits per heavy atom. The van der Waals surface area contributed by atoms with Crippen LogP contribution in [0.3, 0.4) is 0 Å². The van der Waals surface area contributed by atoms with E-state index in [4.69, 9.17) is 4.74 Å². The highest BCUT2D eigenvalue weighted by molar-refractivity contribution is 5.94. The Hall–Kier alpha value is -3.15. The van der Waals surface area contributed by atoms with E-state index in [1.165, 1.54) is 18.6 Å². The molecule has 2 rings (SSSR count). The first kappa shape index (κ1) is 23.1. The number of rotatable bonds is 8. The van der Waals surface area contributed by atoms with Crippen LogP contribution in [0.5, 0.6) is 0 Å². The molecule has 0 saturated heterocycles. The van der Waals surface area contributed by atoms with Crippen LogP contribution in [0.15, 0.2) is 48.5 Å². The third-order valence-corrected chi connectivity index (χ3v) is 4.70. The summed E-state index contributed by atoms with van der Waals surface area (Å²) in [6.07, 6.45) is 0. The number of nitrogens with one attached hydrogen (secondary N) is 2. The number of esters is 1. The zero-order chi connectivity index (χ0) is 22.3. The van der Waals surface area contributed by atoms with Gasteiger partial charge in [-0.3, -0.25) is 9.59 Å². The average molecular weight is 411 g/mol.